The zero-order valence-electron chi connectivity index (χ0n) is 18.1. The number of nitrogens with one attached hydrogen (secondary N) is 1. The number of thioether (sulfide) groups is 1. The van der Waals surface area contributed by atoms with Gasteiger partial charge in [-0.15, -0.1) is 0 Å². The van der Waals surface area contributed by atoms with Gasteiger partial charge in [-0.2, -0.15) is 15.1 Å². The van der Waals surface area contributed by atoms with Gasteiger partial charge in [-0.1, -0.05) is 30.9 Å². The summed E-state index contributed by atoms with van der Waals surface area (Å²) in [6.07, 6.45) is 7.69. The number of hydrogen-bond acceptors (Lipinski definition) is 4. The Morgan fingerprint density at radius 3 is 2.59 bits per heavy atom. The summed E-state index contributed by atoms with van der Waals surface area (Å²) >= 11 is 7.49. The number of aromatic nitrogens is 1. The van der Waals surface area contributed by atoms with Gasteiger partial charge in [0.25, 0.3) is 5.91 Å². The van der Waals surface area contributed by atoms with E-state index in [1.54, 1.807) is 6.08 Å². The molecule has 3 aliphatic rings. The minimum Gasteiger partial charge on any atom is -0.318 e. The lowest BCUT2D eigenvalue weighted by Crippen LogP contribution is -2.35. The van der Waals surface area contributed by atoms with Crippen molar-refractivity contribution in [3.05, 3.63) is 57.9 Å². The number of aliphatic imine (C=N–C) groups is 1. The van der Waals surface area contributed by atoms with Crippen molar-refractivity contribution in [2.24, 2.45) is 16.0 Å². The lowest BCUT2D eigenvalue weighted by molar-refractivity contribution is -0.114. The fraction of sp³-hybridized carbons (Fsp3) is 0.333. The molecule has 2 aromatic rings. The molecular weight excluding hydrogens is 442 g/mol. The van der Waals surface area contributed by atoms with Crippen LogP contribution in [0.15, 0.2) is 46.0 Å². The van der Waals surface area contributed by atoms with Crippen LogP contribution in [0, 0.1) is 25.2 Å². The lowest BCUT2D eigenvalue weighted by atomic mass is 9.90. The molecule has 0 saturated heterocycles. The van der Waals surface area contributed by atoms with E-state index in [1.807, 2.05) is 44.2 Å². The van der Waals surface area contributed by atoms with Gasteiger partial charge in [0.15, 0.2) is 5.84 Å². The monoisotopic (exact) mass is 465 g/mol. The van der Waals surface area contributed by atoms with Crippen LogP contribution in [0.5, 0.6) is 0 Å². The Balaban J connectivity index is 1.47. The predicted octanol–water partition coefficient (Wildman–Crippen LogP) is 5.95. The fourth-order valence-corrected chi connectivity index (χ4v) is 5.78. The second-order valence-corrected chi connectivity index (χ2v) is 9.86. The molecule has 0 spiro atoms. The number of nitrogens with zero attached hydrogens (tertiary/aromatic N) is 4. The Morgan fingerprint density at radius 1 is 1.16 bits per heavy atom. The Kier molecular flexibility index (Phi) is 5.55. The predicted molar refractivity (Wildman–Crippen MR) is 132 cm³/mol. The van der Waals surface area contributed by atoms with Gasteiger partial charge in [-0.05, 0) is 80.4 Å². The van der Waals surface area contributed by atoms with Crippen LogP contribution in [-0.4, -0.2) is 31.5 Å². The zero-order valence-corrected chi connectivity index (χ0v) is 19.6. The Bertz CT molecular complexity index is 1200. The number of rotatable bonds is 3. The van der Waals surface area contributed by atoms with Crippen molar-refractivity contribution in [3.8, 4) is 5.69 Å². The average Bonchev–Trinajstić information content (AvgIpc) is 3.33. The Morgan fingerprint density at radius 2 is 1.88 bits per heavy atom. The van der Waals surface area contributed by atoms with Gasteiger partial charge in [-0.3, -0.25) is 10.2 Å². The molecule has 5 rings (SSSR count). The third kappa shape index (κ3) is 3.73. The smallest absolute Gasteiger partial charge is 0.283 e. The summed E-state index contributed by atoms with van der Waals surface area (Å²) in [6.45, 7) is 4.02. The van der Waals surface area contributed by atoms with Gasteiger partial charge >= 0.3 is 0 Å². The van der Waals surface area contributed by atoms with E-state index >= 15 is 0 Å². The summed E-state index contributed by atoms with van der Waals surface area (Å²) < 4.78 is 2.11. The van der Waals surface area contributed by atoms with Crippen LogP contribution in [0.2, 0.25) is 5.02 Å². The first-order chi connectivity index (χ1) is 15.4. The highest BCUT2D eigenvalue weighted by Gasteiger charge is 2.38. The second-order valence-electron chi connectivity index (χ2n) is 8.43. The van der Waals surface area contributed by atoms with Crippen molar-refractivity contribution in [3.63, 3.8) is 0 Å². The molecule has 1 fully saturated rings. The molecule has 1 aromatic carbocycles. The molecule has 8 heteroatoms. The van der Waals surface area contributed by atoms with E-state index in [1.165, 1.54) is 36.0 Å². The quantitative estimate of drug-likeness (QED) is 0.569. The van der Waals surface area contributed by atoms with Crippen molar-refractivity contribution in [1.82, 2.24) is 9.58 Å². The maximum absolute atomic E-state index is 12.8. The molecule has 2 aliphatic heterocycles. The Hall–Kier alpha value is -2.64. The minimum absolute atomic E-state index is 0.0922. The maximum Gasteiger partial charge on any atom is 0.283 e. The maximum atomic E-state index is 12.8. The van der Waals surface area contributed by atoms with E-state index in [0.717, 1.165) is 40.5 Å². The molecule has 1 saturated carbocycles. The van der Waals surface area contributed by atoms with Crippen LogP contribution in [0.1, 0.15) is 49.1 Å². The molecule has 6 nitrogen and oxygen atoms in total. The average molecular weight is 466 g/mol. The van der Waals surface area contributed by atoms with Crippen molar-refractivity contribution < 1.29 is 4.79 Å². The third-order valence-corrected chi connectivity index (χ3v) is 7.60. The molecule has 1 amide bonds. The van der Waals surface area contributed by atoms with E-state index in [0.29, 0.717) is 16.1 Å². The molecule has 3 heterocycles. The topological polar surface area (TPSA) is 73.8 Å². The number of amidine groups is 2. The van der Waals surface area contributed by atoms with Crippen molar-refractivity contribution >= 4 is 51.4 Å². The number of halogens is 1. The zero-order chi connectivity index (χ0) is 22.4. The van der Waals surface area contributed by atoms with Crippen molar-refractivity contribution in [2.75, 3.05) is 0 Å². The van der Waals surface area contributed by atoms with E-state index in [-0.39, 0.29) is 17.3 Å². The minimum atomic E-state index is -0.384. The van der Waals surface area contributed by atoms with Crippen LogP contribution in [-0.2, 0) is 4.79 Å². The highest BCUT2D eigenvalue weighted by Crippen LogP contribution is 2.36. The van der Waals surface area contributed by atoms with Gasteiger partial charge in [0.2, 0.25) is 5.17 Å². The molecule has 164 valence electrons. The fourth-order valence-electron chi connectivity index (χ4n) is 4.60. The van der Waals surface area contributed by atoms with Gasteiger partial charge < -0.3 is 4.57 Å². The van der Waals surface area contributed by atoms with E-state index in [9.17, 15) is 4.79 Å². The molecule has 1 aliphatic carbocycles. The van der Waals surface area contributed by atoms with Crippen molar-refractivity contribution in [1.29, 1.82) is 5.41 Å². The number of carbonyl (C=O) groups is 1. The van der Waals surface area contributed by atoms with Gasteiger partial charge in [0.05, 0.1) is 5.57 Å². The largest absolute Gasteiger partial charge is 0.318 e. The standard InChI is InChI=1S/C24H24ClN5OS/c1-14-12-17(15(2)29(14)19-10-8-18(25)9-11-19)13-20-21(26)30-24(27-22(20)31)32-23(28-30)16-6-4-3-5-7-16/h8-13,16,26H,3-7H2,1-2H3/b20-13-,26-21?. The molecule has 1 aromatic heterocycles. The summed E-state index contributed by atoms with van der Waals surface area (Å²) in [4.78, 5) is 17.1. The van der Waals surface area contributed by atoms with E-state index in [4.69, 9.17) is 17.0 Å². The number of hydrazone groups is 1. The summed E-state index contributed by atoms with van der Waals surface area (Å²) in [5, 5.41) is 17.1. The number of aryl methyl sites for hydroxylation is 1. The van der Waals surface area contributed by atoms with Gasteiger partial charge in [0.1, 0.15) is 5.04 Å². The molecule has 0 bridgehead atoms. The number of fused-ring (bicyclic) bond motifs is 1. The first-order valence-electron chi connectivity index (χ1n) is 10.9. The van der Waals surface area contributed by atoms with Crippen LogP contribution in [0.3, 0.4) is 0 Å². The van der Waals surface area contributed by atoms with Crippen LogP contribution in [0.4, 0.5) is 0 Å². The SMILES string of the molecule is Cc1cc(/C=C2/C(=N)N3N=C(C4CCCCC4)SC3=NC2=O)c(C)n1-c1ccc(Cl)cc1. The molecule has 1 N–H and O–H groups in total. The van der Waals surface area contributed by atoms with Gasteiger partial charge in [0, 0.05) is 28.0 Å². The number of carbonyl (C=O) groups excluding carboxylic acids is 1. The lowest BCUT2D eigenvalue weighted by Gasteiger charge is -2.20. The summed E-state index contributed by atoms with van der Waals surface area (Å²) in [5.74, 6) is 0.121. The van der Waals surface area contributed by atoms with E-state index in [2.05, 4.69) is 14.7 Å². The van der Waals surface area contributed by atoms with Gasteiger partial charge in [-0.25, -0.2) is 0 Å². The summed E-state index contributed by atoms with van der Waals surface area (Å²) in [6, 6.07) is 9.67. The highest BCUT2D eigenvalue weighted by atomic mass is 35.5. The van der Waals surface area contributed by atoms with Crippen LogP contribution in [0.25, 0.3) is 11.8 Å². The molecule has 0 radical (unpaired) electrons. The first-order valence-corrected chi connectivity index (χ1v) is 12.1. The van der Waals surface area contributed by atoms with Crippen LogP contribution >= 0.6 is 23.4 Å². The molecule has 32 heavy (non-hydrogen) atoms. The first kappa shape index (κ1) is 21.2. The number of amides is 1. The number of benzene rings is 1. The summed E-state index contributed by atoms with van der Waals surface area (Å²) in [5.41, 5.74) is 4.16. The second kappa shape index (κ2) is 8.37. The Labute approximate surface area is 196 Å². The molecule has 0 unspecified atom stereocenters. The molecule has 0 atom stereocenters. The highest BCUT2D eigenvalue weighted by molar-refractivity contribution is 8.27. The van der Waals surface area contributed by atoms with Crippen molar-refractivity contribution in [2.45, 2.75) is 46.0 Å². The third-order valence-electron chi connectivity index (χ3n) is 6.28. The normalized spacial score (nSPS) is 20.6. The molecular formula is C24H24ClN5OS. The summed E-state index contributed by atoms with van der Waals surface area (Å²) in [7, 11) is 0. The van der Waals surface area contributed by atoms with E-state index < -0.39 is 0 Å². The number of hydrogen-bond donors (Lipinski definition) is 1. The van der Waals surface area contributed by atoms with Crippen LogP contribution < -0.4 is 0 Å².